The second kappa shape index (κ2) is 34.1. The zero-order valence-electron chi connectivity index (χ0n) is 38.2. The fourth-order valence-corrected chi connectivity index (χ4v) is 6.26. The zero-order chi connectivity index (χ0) is 44.5. The van der Waals surface area contributed by atoms with Crippen LogP contribution in [0.25, 0.3) is 0 Å². The molecule has 16 nitrogen and oxygen atoms in total. The summed E-state index contributed by atoms with van der Waals surface area (Å²) in [5, 5.41) is 0. The number of ether oxygens (including phenoxy) is 12. The minimum atomic E-state index is -0.545. The van der Waals surface area contributed by atoms with Crippen molar-refractivity contribution in [3.05, 3.63) is 47.1 Å². The van der Waals surface area contributed by atoms with Crippen LogP contribution in [-0.2, 0) is 53.8 Å². The van der Waals surface area contributed by atoms with Gasteiger partial charge in [0, 0.05) is 39.8 Å². The first-order valence-electron chi connectivity index (χ1n) is 21.6. The van der Waals surface area contributed by atoms with Crippen LogP contribution in [0.5, 0.6) is 11.5 Å². The molecule has 2 atom stereocenters. The molecular formula is C45H76N2O14. The molecule has 2 unspecified atom stereocenters. The second-order valence-electron chi connectivity index (χ2n) is 14.8. The van der Waals surface area contributed by atoms with Crippen LogP contribution in [0.3, 0.4) is 0 Å². The summed E-state index contributed by atoms with van der Waals surface area (Å²) in [6, 6.07) is 4.09. The second-order valence-corrected chi connectivity index (χ2v) is 14.8. The van der Waals surface area contributed by atoms with Gasteiger partial charge in [0.25, 0.3) is 0 Å². The first-order chi connectivity index (χ1) is 29.6. The lowest BCUT2D eigenvalue weighted by Gasteiger charge is -2.33. The van der Waals surface area contributed by atoms with E-state index in [-0.39, 0.29) is 51.7 Å². The van der Waals surface area contributed by atoms with Crippen molar-refractivity contribution < 1.29 is 66.4 Å². The van der Waals surface area contributed by atoms with E-state index < -0.39 is 12.2 Å². The monoisotopic (exact) mass is 869 g/mol. The summed E-state index contributed by atoms with van der Waals surface area (Å²) in [5.41, 5.74) is 4.18. The quantitative estimate of drug-likeness (QED) is 0.0403. The number of amides is 2. The molecule has 1 aromatic rings. The summed E-state index contributed by atoms with van der Waals surface area (Å²) in [7, 11) is 6.50. The normalized spacial score (nSPS) is 15.0. The van der Waals surface area contributed by atoms with E-state index in [1.807, 2.05) is 12.1 Å². The molecule has 0 aliphatic heterocycles. The number of carbonyl (C=O) groups is 2. The van der Waals surface area contributed by atoms with Gasteiger partial charge in [-0.05, 0) is 63.1 Å². The number of hydrogen-bond acceptors (Lipinski definition) is 14. The largest absolute Gasteiger partial charge is 0.472 e. The number of unbranched alkanes of at least 4 members (excludes halogenated alkanes) is 2. The van der Waals surface area contributed by atoms with E-state index >= 15 is 0 Å². The van der Waals surface area contributed by atoms with Crippen molar-refractivity contribution in [3.63, 3.8) is 0 Å². The smallest absolute Gasteiger partial charge is 0.412 e. The molecule has 16 heteroatoms. The van der Waals surface area contributed by atoms with Gasteiger partial charge in [-0.3, -0.25) is 9.80 Å². The van der Waals surface area contributed by atoms with E-state index in [4.69, 9.17) is 56.8 Å². The van der Waals surface area contributed by atoms with Gasteiger partial charge in [0.05, 0.1) is 92.5 Å². The van der Waals surface area contributed by atoms with E-state index in [1.54, 1.807) is 28.3 Å². The third-order valence-electron chi connectivity index (χ3n) is 9.66. The Hall–Kier alpha value is -3.48. The average molecular weight is 869 g/mol. The van der Waals surface area contributed by atoms with E-state index in [0.717, 1.165) is 55.2 Å². The molecule has 0 heterocycles. The molecule has 0 N–H and O–H groups in total. The van der Waals surface area contributed by atoms with Crippen molar-refractivity contribution >= 4 is 12.2 Å². The Morgan fingerprint density at radius 3 is 1.46 bits per heavy atom. The van der Waals surface area contributed by atoms with Crippen molar-refractivity contribution in [2.45, 2.75) is 65.2 Å². The van der Waals surface area contributed by atoms with Gasteiger partial charge in [-0.2, -0.15) is 0 Å². The summed E-state index contributed by atoms with van der Waals surface area (Å²) in [4.78, 5) is 28.7. The first-order valence-corrected chi connectivity index (χ1v) is 21.6. The third kappa shape index (κ3) is 23.5. The lowest BCUT2D eigenvalue weighted by atomic mass is 9.73. The molecule has 1 aromatic carbocycles. The van der Waals surface area contributed by atoms with Crippen LogP contribution in [0.2, 0.25) is 0 Å². The number of allylic oxidation sites excluding steroid dienone is 3. The van der Waals surface area contributed by atoms with Gasteiger partial charge in [-0.25, -0.2) is 9.59 Å². The number of methoxy groups -OCH3 is 2. The van der Waals surface area contributed by atoms with Crippen LogP contribution in [0, 0.1) is 5.92 Å². The molecular weight excluding hydrogens is 792 g/mol. The van der Waals surface area contributed by atoms with Crippen LogP contribution in [0.15, 0.2) is 35.9 Å². The maximum absolute atomic E-state index is 13.0. The predicted molar refractivity (Wildman–Crippen MR) is 232 cm³/mol. The van der Waals surface area contributed by atoms with Gasteiger partial charge < -0.3 is 56.8 Å². The molecule has 1 aliphatic carbocycles. The highest BCUT2D eigenvalue weighted by Crippen LogP contribution is 2.47. The third-order valence-corrected chi connectivity index (χ3v) is 9.66. The van der Waals surface area contributed by atoms with Crippen molar-refractivity contribution in [2.75, 3.05) is 147 Å². The standard InChI is InChI=1S/C45H76N2O14/c1-9-10-11-12-38-32-41(60-34-46(5)44(48)58-29-27-56-25-23-54-21-19-52-17-15-50-7)43(40-31-37(4)13-14-39(40)36(2)3)42(33-38)61-35-47(6)45(49)59-30-28-57-26-24-55-22-20-53-18-16-51-8/h31-33,39-40H,2,9-30,34-35H2,1,3-8H3. The van der Waals surface area contributed by atoms with Gasteiger partial charge in [-0.1, -0.05) is 43.6 Å². The van der Waals surface area contributed by atoms with Crippen LogP contribution >= 0.6 is 0 Å². The first kappa shape index (κ1) is 53.7. The average Bonchev–Trinajstić information content (AvgIpc) is 3.25. The Morgan fingerprint density at radius 1 is 0.656 bits per heavy atom. The number of carbonyl (C=O) groups excluding carboxylic acids is 2. The molecule has 61 heavy (non-hydrogen) atoms. The Bertz CT molecular complexity index is 1310. The van der Waals surface area contributed by atoms with Crippen molar-refractivity contribution in [1.82, 2.24) is 9.80 Å². The summed E-state index contributed by atoms with van der Waals surface area (Å²) in [5.74, 6) is 1.22. The highest BCUT2D eigenvalue weighted by molar-refractivity contribution is 5.67. The molecule has 0 saturated carbocycles. The summed E-state index contributed by atoms with van der Waals surface area (Å²) in [6.45, 7) is 16.8. The summed E-state index contributed by atoms with van der Waals surface area (Å²) < 4.78 is 66.6. The van der Waals surface area contributed by atoms with Crippen LogP contribution in [0.4, 0.5) is 9.59 Å². The molecule has 0 saturated heterocycles. The summed E-state index contributed by atoms with van der Waals surface area (Å²) in [6.07, 6.45) is 6.99. The predicted octanol–water partition coefficient (Wildman–Crippen LogP) is 6.64. The van der Waals surface area contributed by atoms with Gasteiger partial charge in [0.15, 0.2) is 13.5 Å². The Kier molecular flexibility index (Phi) is 30.0. The lowest BCUT2D eigenvalue weighted by Crippen LogP contribution is -2.33. The van der Waals surface area contributed by atoms with E-state index in [9.17, 15) is 9.59 Å². The van der Waals surface area contributed by atoms with Gasteiger partial charge in [0.1, 0.15) is 24.7 Å². The molecule has 0 fully saturated rings. The van der Waals surface area contributed by atoms with E-state index in [0.29, 0.717) is 90.8 Å². The van der Waals surface area contributed by atoms with Crippen LogP contribution in [-0.4, -0.2) is 169 Å². The molecule has 0 radical (unpaired) electrons. The zero-order valence-corrected chi connectivity index (χ0v) is 38.2. The molecule has 2 amide bonds. The number of benzene rings is 1. The van der Waals surface area contributed by atoms with E-state index in [1.165, 1.54) is 15.4 Å². The van der Waals surface area contributed by atoms with Gasteiger partial charge in [0.2, 0.25) is 0 Å². The maximum atomic E-state index is 13.0. The molecule has 350 valence electrons. The van der Waals surface area contributed by atoms with Crippen molar-refractivity contribution in [3.8, 4) is 11.5 Å². The van der Waals surface area contributed by atoms with E-state index in [2.05, 4.69) is 33.4 Å². The Morgan fingerprint density at radius 2 is 1.07 bits per heavy atom. The summed E-state index contributed by atoms with van der Waals surface area (Å²) >= 11 is 0. The number of nitrogens with zero attached hydrogens (tertiary/aromatic N) is 2. The minimum Gasteiger partial charge on any atom is -0.472 e. The van der Waals surface area contributed by atoms with Crippen LogP contribution in [0.1, 0.15) is 69.9 Å². The highest BCUT2D eigenvalue weighted by atomic mass is 16.6. The molecule has 0 bridgehead atoms. The van der Waals surface area contributed by atoms with Gasteiger partial charge >= 0.3 is 12.2 Å². The number of aryl methyl sites for hydroxylation is 1. The number of rotatable bonds is 36. The van der Waals surface area contributed by atoms with Crippen LogP contribution < -0.4 is 9.47 Å². The Labute approximate surface area is 364 Å². The fraction of sp³-hybridized carbons (Fsp3) is 0.733. The molecule has 2 rings (SSSR count). The minimum absolute atomic E-state index is 0.0677. The van der Waals surface area contributed by atoms with Gasteiger partial charge in [-0.15, -0.1) is 0 Å². The van der Waals surface area contributed by atoms with Crippen molar-refractivity contribution in [1.29, 1.82) is 0 Å². The lowest BCUT2D eigenvalue weighted by molar-refractivity contribution is -0.00475. The highest BCUT2D eigenvalue weighted by Gasteiger charge is 2.32. The molecule has 1 aliphatic rings. The SMILES string of the molecule is C=C(C)C1CCC(C)=CC1c1c(OCN(C)C(=O)OCCOCCOCCOCCOC)cc(CCCCC)cc1OCN(C)C(=O)OCCOCCOCCOCCOC. The molecule has 0 aromatic heterocycles. The maximum Gasteiger partial charge on any atom is 0.412 e. The Balaban J connectivity index is 2.06. The van der Waals surface area contributed by atoms with Crippen molar-refractivity contribution in [2.24, 2.45) is 5.92 Å². The topological polar surface area (TPSA) is 151 Å². The number of hydrogen-bond donors (Lipinski definition) is 0. The fourth-order valence-electron chi connectivity index (χ4n) is 6.26. The molecule has 0 spiro atoms.